The van der Waals surface area contributed by atoms with Gasteiger partial charge in [0.25, 0.3) is 5.56 Å². The number of rotatable bonds is 2. The molecular formula is C19H16ClN3OS2. The minimum atomic E-state index is 0.0473. The van der Waals surface area contributed by atoms with Gasteiger partial charge in [-0.3, -0.25) is 14.3 Å². The molecule has 2 aromatic heterocycles. The molecule has 7 heteroatoms. The fourth-order valence-corrected chi connectivity index (χ4v) is 5.51. The van der Waals surface area contributed by atoms with Gasteiger partial charge in [0, 0.05) is 35.9 Å². The molecule has 3 aromatic rings. The number of thiazole rings is 1. The SMILES string of the molecule is CCn1c(=Cc2ccncc2)s/c(=C2/Sc3ccc(Cl)cc3N2C)c1=O. The summed E-state index contributed by atoms with van der Waals surface area (Å²) in [5, 5.41) is 1.65. The van der Waals surface area contributed by atoms with Crippen LogP contribution in [-0.2, 0) is 6.54 Å². The molecule has 0 radical (unpaired) electrons. The zero-order valence-electron chi connectivity index (χ0n) is 14.3. The lowest BCUT2D eigenvalue weighted by atomic mass is 10.3. The van der Waals surface area contributed by atoms with E-state index in [0.717, 1.165) is 30.4 Å². The van der Waals surface area contributed by atoms with E-state index in [1.807, 2.05) is 54.9 Å². The van der Waals surface area contributed by atoms with Gasteiger partial charge < -0.3 is 4.90 Å². The molecule has 0 saturated carbocycles. The number of aromatic nitrogens is 2. The molecule has 4 rings (SSSR count). The predicted octanol–water partition coefficient (Wildman–Crippen LogP) is 3.11. The largest absolute Gasteiger partial charge is 0.337 e. The van der Waals surface area contributed by atoms with Crippen molar-refractivity contribution >= 4 is 51.5 Å². The third-order valence-corrected chi connectivity index (χ3v) is 6.93. The molecule has 0 aliphatic carbocycles. The van der Waals surface area contributed by atoms with Crippen LogP contribution in [0.2, 0.25) is 5.02 Å². The molecule has 0 atom stereocenters. The molecular weight excluding hydrogens is 386 g/mol. The highest BCUT2D eigenvalue weighted by molar-refractivity contribution is 8.08. The van der Waals surface area contributed by atoms with Crippen LogP contribution in [0.4, 0.5) is 5.69 Å². The third-order valence-electron chi connectivity index (χ3n) is 4.21. The summed E-state index contributed by atoms with van der Waals surface area (Å²) < 4.78 is 3.51. The first-order valence-corrected chi connectivity index (χ1v) is 10.2. The molecule has 0 saturated heterocycles. The highest BCUT2D eigenvalue weighted by Crippen LogP contribution is 2.46. The van der Waals surface area contributed by atoms with Crippen molar-refractivity contribution in [2.75, 3.05) is 11.9 Å². The summed E-state index contributed by atoms with van der Waals surface area (Å²) in [5.41, 5.74) is 2.11. The maximum Gasteiger partial charge on any atom is 0.271 e. The van der Waals surface area contributed by atoms with Crippen molar-refractivity contribution < 1.29 is 0 Å². The van der Waals surface area contributed by atoms with E-state index in [9.17, 15) is 4.79 Å². The van der Waals surface area contributed by atoms with E-state index in [0.29, 0.717) is 11.6 Å². The van der Waals surface area contributed by atoms with E-state index in [2.05, 4.69) is 9.88 Å². The monoisotopic (exact) mass is 401 g/mol. The molecule has 0 bridgehead atoms. The number of anilines is 1. The molecule has 4 nitrogen and oxygen atoms in total. The Bertz CT molecular complexity index is 1150. The van der Waals surface area contributed by atoms with Crippen LogP contribution in [-0.4, -0.2) is 16.6 Å². The lowest BCUT2D eigenvalue weighted by Gasteiger charge is -2.12. The van der Waals surface area contributed by atoms with Crippen LogP contribution in [0.25, 0.3) is 11.1 Å². The molecule has 132 valence electrons. The second-order valence-electron chi connectivity index (χ2n) is 5.82. The van der Waals surface area contributed by atoms with Crippen LogP contribution in [0.3, 0.4) is 0 Å². The van der Waals surface area contributed by atoms with Crippen LogP contribution in [0.1, 0.15) is 12.5 Å². The Labute approximate surface area is 164 Å². The molecule has 0 amide bonds. The Hall–Kier alpha value is -2.02. The number of fused-ring (bicyclic) bond motifs is 1. The lowest BCUT2D eigenvalue weighted by Crippen LogP contribution is -2.33. The van der Waals surface area contributed by atoms with Gasteiger partial charge in [-0.1, -0.05) is 23.4 Å². The summed E-state index contributed by atoms with van der Waals surface area (Å²) in [6.45, 7) is 2.62. The van der Waals surface area contributed by atoms with Gasteiger partial charge in [-0.15, -0.1) is 11.3 Å². The fraction of sp³-hybridized carbons (Fsp3) is 0.158. The first kappa shape index (κ1) is 17.4. The van der Waals surface area contributed by atoms with Crippen LogP contribution in [0.5, 0.6) is 0 Å². The van der Waals surface area contributed by atoms with Crippen molar-refractivity contribution in [2.45, 2.75) is 18.4 Å². The summed E-state index contributed by atoms with van der Waals surface area (Å²) >= 11 is 9.28. The maximum absolute atomic E-state index is 13.0. The minimum Gasteiger partial charge on any atom is -0.337 e. The molecule has 0 unspecified atom stereocenters. The summed E-state index contributed by atoms with van der Waals surface area (Å²) in [6, 6.07) is 9.69. The number of hydrogen-bond acceptors (Lipinski definition) is 5. The van der Waals surface area contributed by atoms with E-state index in [4.69, 9.17) is 11.6 Å². The van der Waals surface area contributed by atoms with E-state index in [-0.39, 0.29) is 5.56 Å². The standard InChI is InChI=1S/C19H16ClN3OS2/c1-3-23-16(10-12-6-8-21-9-7-12)26-17(18(23)24)19-22(2)14-11-13(20)4-5-15(14)25-19/h4-11H,3H2,1-2H3/b16-10?,19-17+. The molecule has 1 aliphatic rings. The zero-order valence-corrected chi connectivity index (χ0v) is 16.7. The van der Waals surface area contributed by atoms with Crippen molar-refractivity contribution in [3.63, 3.8) is 0 Å². The average molecular weight is 402 g/mol. The van der Waals surface area contributed by atoms with Gasteiger partial charge in [-0.2, -0.15) is 0 Å². The van der Waals surface area contributed by atoms with Gasteiger partial charge in [0.05, 0.1) is 10.4 Å². The molecule has 3 heterocycles. The smallest absolute Gasteiger partial charge is 0.271 e. The normalized spacial score (nSPS) is 16.3. The second kappa shape index (κ2) is 6.95. The lowest BCUT2D eigenvalue weighted by molar-refractivity contribution is 0.722. The highest BCUT2D eigenvalue weighted by Gasteiger charge is 2.24. The first-order valence-electron chi connectivity index (χ1n) is 8.15. The number of halogens is 1. The maximum atomic E-state index is 13.0. The predicted molar refractivity (Wildman–Crippen MR) is 110 cm³/mol. The van der Waals surface area contributed by atoms with Gasteiger partial charge in [0.1, 0.15) is 9.56 Å². The Kier molecular flexibility index (Phi) is 4.65. The van der Waals surface area contributed by atoms with Gasteiger partial charge >= 0.3 is 0 Å². The van der Waals surface area contributed by atoms with Crippen molar-refractivity contribution in [2.24, 2.45) is 0 Å². The van der Waals surface area contributed by atoms with E-state index >= 15 is 0 Å². The molecule has 26 heavy (non-hydrogen) atoms. The van der Waals surface area contributed by atoms with Crippen molar-refractivity contribution in [1.82, 2.24) is 9.55 Å². The zero-order chi connectivity index (χ0) is 18.3. The van der Waals surface area contributed by atoms with Gasteiger partial charge in [0.15, 0.2) is 0 Å². The summed E-state index contributed by atoms with van der Waals surface area (Å²) in [5.74, 6) is 0. The quantitative estimate of drug-likeness (QED) is 0.661. The van der Waals surface area contributed by atoms with E-state index in [1.54, 1.807) is 24.2 Å². The Morgan fingerprint density at radius 2 is 2.00 bits per heavy atom. The first-order chi connectivity index (χ1) is 12.6. The van der Waals surface area contributed by atoms with Gasteiger partial charge in [0.2, 0.25) is 0 Å². The summed E-state index contributed by atoms with van der Waals surface area (Å²) in [7, 11) is 1.98. The molecule has 1 aromatic carbocycles. The number of nitrogens with zero attached hydrogens (tertiary/aromatic N) is 3. The Morgan fingerprint density at radius 1 is 1.23 bits per heavy atom. The number of benzene rings is 1. The number of thioether (sulfide) groups is 1. The van der Waals surface area contributed by atoms with Crippen LogP contribution in [0.15, 0.2) is 52.4 Å². The summed E-state index contributed by atoms with van der Waals surface area (Å²) in [4.78, 5) is 20.2. The molecule has 0 N–H and O–H groups in total. The highest BCUT2D eigenvalue weighted by atomic mass is 35.5. The summed E-state index contributed by atoms with van der Waals surface area (Å²) in [6.07, 6.45) is 5.54. The number of pyridine rings is 1. The van der Waals surface area contributed by atoms with Crippen molar-refractivity contribution in [3.8, 4) is 0 Å². The molecule has 1 aliphatic heterocycles. The van der Waals surface area contributed by atoms with Crippen molar-refractivity contribution in [3.05, 3.63) is 72.9 Å². The van der Waals surface area contributed by atoms with Crippen LogP contribution in [0, 0.1) is 0 Å². The number of hydrogen-bond donors (Lipinski definition) is 0. The Balaban J connectivity index is 1.93. The third kappa shape index (κ3) is 2.98. The second-order valence-corrected chi connectivity index (χ2v) is 8.32. The topological polar surface area (TPSA) is 38.1 Å². The Morgan fingerprint density at radius 3 is 2.73 bits per heavy atom. The average Bonchev–Trinajstić information content (AvgIpc) is 3.12. The van der Waals surface area contributed by atoms with Gasteiger partial charge in [-0.05, 0) is 48.9 Å². The van der Waals surface area contributed by atoms with E-state index < -0.39 is 0 Å². The molecule has 0 spiro atoms. The van der Waals surface area contributed by atoms with E-state index in [1.165, 1.54) is 11.3 Å². The van der Waals surface area contributed by atoms with Crippen LogP contribution >= 0.6 is 34.7 Å². The van der Waals surface area contributed by atoms with Crippen molar-refractivity contribution in [1.29, 1.82) is 0 Å². The van der Waals surface area contributed by atoms with Gasteiger partial charge in [-0.25, -0.2) is 0 Å². The fourth-order valence-electron chi connectivity index (χ4n) is 2.89. The van der Waals surface area contributed by atoms with Crippen LogP contribution < -0.4 is 19.7 Å². The minimum absolute atomic E-state index is 0.0473. The molecule has 0 fully saturated rings.